The number of anilines is 1. The molecule has 0 aliphatic carbocycles. The zero-order chi connectivity index (χ0) is 21.3. The Morgan fingerprint density at radius 1 is 1.13 bits per heavy atom. The van der Waals surface area contributed by atoms with Gasteiger partial charge in [-0.05, 0) is 51.3 Å². The normalized spacial score (nSPS) is 15.1. The van der Waals surface area contributed by atoms with Crippen LogP contribution in [0.25, 0.3) is 11.1 Å². The van der Waals surface area contributed by atoms with E-state index in [9.17, 15) is 0 Å². The number of rotatable bonds is 5. The highest BCUT2D eigenvalue weighted by Gasteiger charge is 2.26. The summed E-state index contributed by atoms with van der Waals surface area (Å²) in [7, 11) is 0. The van der Waals surface area contributed by atoms with Gasteiger partial charge in [-0.2, -0.15) is 4.98 Å². The second kappa shape index (κ2) is 8.82. The van der Waals surface area contributed by atoms with E-state index in [2.05, 4.69) is 26.8 Å². The Morgan fingerprint density at radius 2 is 1.90 bits per heavy atom. The summed E-state index contributed by atoms with van der Waals surface area (Å²) in [5.41, 5.74) is 4.17. The molecule has 0 spiro atoms. The van der Waals surface area contributed by atoms with Gasteiger partial charge in [0.25, 0.3) is 0 Å². The maximum Gasteiger partial charge on any atom is 0.318 e. The van der Waals surface area contributed by atoms with Crippen LogP contribution in [0.4, 0.5) is 5.82 Å². The lowest BCUT2D eigenvalue weighted by Crippen LogP contribution is -2.34. The number of imidazole rings is 1. The Morgan fingerprint density at radius 3 is 2.53 bits per heavy atom. The van der Waals surface area contributed by atoms with Crippen LogP contribution in [-0.4, -0.2) is 39.1 Å². The number of ether oxygens (including phenoxy) is 1. The van der Waals surface area contributed by atoms with E-state index in [0.29, 0.717) is 22.0 Å². The number of nitrogens with one attached hydrogen (secondary N) is 1. The molecular weight excluding hydrogens is 421 g/mol. The second-order valence-corrected chi connectivity index (χ2v) is 8.67. The Hall–Kier alpha value is -2.31. The molecule has 0 unspecified atom stereocenters. The molecule has 3 heterocycles. The van der Waals surface area contributed by atoms with Gasteiger partial charge in [-0.3, -0.25) is 0 Å². The number of hydrogen-bond donors (Lipinski definition) is 1. The lowest BCUT2D eigenvalue weighted by Gasteiger charge is -2.33. The van der Waals surface area contributed by atoms with E-state index in [-0.39, 0.29) is 6.10 Å². The van der Waals surface area contributed by atoms with Crippen molar-refractivity contribution < 1.29 is 4.74 Å². The molecule has 3 aromatic rings. The first-order valence-electron chi connectivity index (χ1n) is 10.2. The summed E-state index contributed by atoms with van der Waals surface area (Å²) in [4.78, 5) is 19.2. The predicted molar refractivity (Wildman–Crippen MR) is 121 cm³/mol. The second-order valence-electron chi connectivity index (χ2n) is 7.86. The SMILES string of the molecule is Cc1[nH]cnc1C1CCN(c2nc(OC(C)C)ncc2-c2ccc(Cl)c(Cl)c2)CC1. The van der Waals surface area contributed by atoms with E-state index < -0.39 is 0 Å². The summed E-state index contributed by atoms with van der Waals surface area (Å²) in [6.07, 6.45) is 5.61. The van der Waals surface area contributed by atoms with Crippen molar-refractivity contribution in [3.63, 3.8) is 0 Å². The summed E-state index contributed by atoms with van der Waals surface area (Å²) in [5, 5.41) is 1.04. The van der Waals surface area contributed by atoms with Gasteiger partial charge in [-0.15, -0.1) is 0 Å². The van der Waals surface area contributed by atoms with Crippen LogP contribution in [0.5, 0.6) is 6.01 Å². The average molecular weight is 446 g/mol. The van der Waals surface area contributed by atoms with Gasteiger partial charge in [0.05, 0.1) is 28.2 Å². The molecule has 1 saturated heterocycles. The molecule has 30 heavy (non-hydrogen) atoms. The van der Waals surface area contributed by atoms with Crippen molar-refractivity contribution in [2.45, 2.75) is 45.6 Å². The Bertz CT molecular complexity index is 1030. The Labute approximate surface area is 186 Å². The molecule has 1 N–H and O–H groups in total. The smallest absolute Gasteiger partial charge is 0.318 e. The zero-order valence-corrected chi connectivity index (χ0v) is 18.8. The largest absolute Gasteiger partial charge is 0.461 e. The van der Waals surface area contributed by atoms with Crippen molar-refractivity contribution in [3.8, 4) is 17.1 Å². The number of halogens is 2. The fourth-order valence-electron chi connectivity index (χ4n) is 3.88. The number of aryl methyl sites for hydroxylation is 1. The van der Waals surface area contributed by atoms with Gasteiger partial charge in [0.1, 0.15) is 5.82 Å². The van der Waals surface area contributed by atoms with Crippen LogP contribution < -0.4 is 9.64 Å². The van der Waals surface area contributed by atoms with Crippen molar-refractivity contribution >= 4 is 29.0 Å². The first-order chi connectivity index (χ1) is 14.4. The maximum atomic E-state index is 6.27. The quantitative estimate of drug-likeness (QED) is 0.548. The summed E-state index contributed by atoms with van der Waals surface area (Å²) in [6.45, 7) is 7.77. The molecule has 1 aliphatic rings. The maximum absolute atomic E-state index is 6.27. The first-order valence-corrected chi connectivity index (χ1v) is 10.9. The minimum Gasteiger partial charge on any atom is -0.461 e. The first kappa shape index (κ1) is 20.9. The molecule has 6 nitrogen and oxygen atoms in total. The van der Waals surface area contributed by atoms with E-state index in [0.717, 1.165) is 48.6 Å². The molecule has 0 amide bonds. The number of aromatic amines is 1. The standard InChI is InChI=1S/C22H25Cl2N5O/c1-13(2)30-22-25-11-17(16-4-5-18(23)19(24)10-16)21(28-22)29-8-6-15(7-9-29)20-14(3)26-12-27-20/h4-5,10-13,15H,6-9H2,1-3H3,(H,26,27). The molecule has 1 fully saturated rings. The van der Waals surface area contributed by atoms with Gasteiger partial charge >= 0.3 is 6.01 Å². The van der Waals surface area contributed by atoms with E-state index in [1.807, 2.05) is 32.2 Å². The molecule has 0 bridgehead atoms. The number of hydrogen-bond acceptors (Lipinski definition) is 5. The molecule has 4 rings (SSSR count). The molecule has 1 aromatic carbocycles. The van der Waals surface area contributed by atoms with Crippen molar-refractivity contribution in [2.75, 3.05) is 18.0 Å². The van der Waals surface area contributed by atoms with Crippen LogP contribution in [0.2, 0.25) is 10.0 Å². The summed E-state index contributed by atoms with van der Waals surface area (Å²) in [5.74, 6) is 1.31. The minimum absolute atomic E-state index is 0.00190. The predicted octanol–water partition coefficient (Wildman–Crippen LogP) is 5.65. The zero-order valence-electron chi connectivity index (χ0n) is 17.3. The van der Waals surface area contributed by atoms with Crippen LogP contribution in [0, 0.1) is 6.92 Å². The third-order valence-electron chi connectivity index (χ3n) is 5.37. The van der Waals surface area contributed by atoms with Crippen LogP contribution in [0.15, 0.2) is 30.7 Å². The third-order valence-corrected chi connectivity index (χ3v) is 6.11. The van der Waals surface area contributed by atoms with E-state index >= 15 is 0 Å². The molecule has 2 aromatic heterocycles. The summed E-state index contributed by atoms with van der Waals surface area (Å²) < 4.78 is 5.76. The number of piperidine rings is 1. The fraction of sp³-hybridized carbons (Fsp3) is 0.409. The van der Waals surface area contributed by atoms with Crippen LogP contribution in [-0.2, 0) is 0 Å². The highest BCUT2D eigenvalue weighted by atomic mass is 35.5. The van der Waals surface area contributed by atoms with Gasteiger partial charge in [0.15, 0.2) is 0 Å². The molecule has 0 radical (unpaired) electrons. The van der Waals surface area contributed by atoms with E-state index in [1.54, 1.807) is 12.4 Å². The monoisotopic (exact) mass is 445 g/mol. The van der Waals surface area contributed by atoms with Crippen LogP contribution in [0.3, 0.4) is 0 Å². The van der Waals surface area contributed by atoms with Gasteiger partial charge < -0.3 is 14.6 Å². The highest BCUT2D eigenvalue weighted by molar-refractivity contribution is 6.42. The molecule has 158 valence electrons. The lowest BCUT2D eigenvalue weighted by molar-refractivity contribution is 0.222. The van der Waals surface area contributed by atoms with Gasteiger partial charge in [0.2, 0.25) is 0 Å². The molecule has 0 atom stereocenters. The average Bonchev–Trinajstić information content (AvgIpc) is 3.16. The minimum atomic E-state index is 0.00190. The van der Waals surface area contributed by atoms with Crippen LogP contribution in [0.1, 0.15) is 44.0 Å². The molecule has 8 heteroatoms. The highest BCUT2D eigenvalue weighted by Crippen LogP contribution is 2.37. The molecule has 1 aliphatic heterocycles. The van der Waals surface area contributed by atoms with Crippen molar-refractivity contribution in [1.82, 2.24) is 19.9 Å². The van der Waals surface area contributed by atoms with Crippen molar-refractivity contribution in [2.24, 2.45) is 0 Å². The Balaban J connectivity index is 1.64. The number of aromatic nitrogens is 4. The van der Waals surface area contributed by atoms with Crippen molar-refractivity contribution in [1.29, 1.82) is 0 Å². The van der Waals surface area contributed by atoms with Crippen molar-refractivity contribution in [3.05, 3.63) is 52.2 Å². The molecular formula is C22H25Cl2N5O. The number of nitrogens with zero attached hydrogens (tertiary/aromatic N) is 4. The van der Waals surface area contributed by atoms with E-state index in [4.69, 9.17) is 32.9 Å². The Kier molecular flexibility index (Phi) is 6.16. The fourth-order valence-corrected chi connectivity index (χ4v) is 4.18. The topological polar surface area (TPSA) is 66.9 Å². The number of benzene rings is 1. The van der Waals surface area contributed by atoms with Gasteiger partial charge in [-0.25, -0.2) is 9.97 Å². The number of H-pyrrole nitrogens is 1. The third kappa shape index (κ3) is 4.40. The van der Waals surface area contributed by atoms with Gasteiger partial charge in [-0.1, -0.05) is 29.3 Å². The lowest BCUT2D eigenvalue weighted by atomic mass is 9.92. The molecule has 0 saturated carbocycles. The van der Waals surface area contributed by atoms with Crippen LogP contribution >= 0.6 is 23.2 Å². The van der Waals surface area contributed by atoms with Gasteiger partial charge in [0, 0.05) is 36.5 Å². The van der Waals surface area contributed by atoms with E-state index in [1.165, 1.54) is 5.69 Å². The summed E-state index contributed by atoms with van der Waals surface area (Å²) >= 11 is 12.4. The summed E-state index contributed by atoms with van der Waals surface area (Å²) in [6, 6.07) is 5.98.